The van der Waals surface area contributed by atoms with Crippen LogP contribution >= 0.6 is 0 Å². The highest BCUT2D eigenvalue weighted by molar-refractivity contribution is 5.77. The summed E-state index contributed by atoms with van der Waals surface area (Å²) >= 11 is 0. The van der Waals surface area contributed by atoms with E-state index in [0.29, 0.717) is 6.54 Å². The molecule has 24 heavy (non-hydrogen) atoms. The number of benzene rings is 2. The summed E-state index contributed by atoms with van der Waals surface area (Å²) in [5, 5.41) is 13.5. The van der Waals surface area contributed by atoms with Gasteiger partial charge in [-0.15, -0.1) is 0 Å². The molecule has 0 bridgehead atoms. The quantitative estimate of drug-likeness (QED) is 0.758. The van der Waals surface area contributed by atoms with Gasteiger partial charge in [-0.05, 0) is 24.6 Å². The number of carbonyl (C=O) groups is 1. The summed E-state index contributed by atoms with van der Waals surface area (Å²) in [5.74, 6) is 0.631. The van der Waals surface area contributed by atoms with E-state index in [0.717, 1.165) is 22.4 Å². The normalized spacial score (nSPS) is 13.6. The van der Waals surface area contributed by atoms with Crippen molar-refractivity contribution in [1.29, 1.82) is 0 Å². The smallest absolute Gasteiger partial charge is 0.217 e. The summed E-state index contributed by atoms with van der Waals surface area (Å²) in [4.78, 5) is 16.0. The number of para-hydroxylation sites is 2. The molecule has 0 aliphatic rings. The Bertz CT molecular complexity index is 842. The highest BCUT2D eigenvalue weighted by Crippen LogP contribution is 2.24. The number of amides is 1. The number of nitrogens with zero attached hydrogens (tertiary/aromatic N) is 2. The summed E-state index contributed by atoms with van der Waals surface area (Å²) in [6, 6.07) is 17.1. The highest BCUT2D eigenvalue weighted by Gasteiger charge is 2.19. The Morgan fingerprint density at radius 2 is 1.83 bits per heavy atom. The zero-order valence-corrected chi connectivity index (χ0v) is 13.8. The van der Waals surface area contributed by atoms with E-state index in [4.69, 9.17) is 0 Å². The molecule has 124 valence electrons. The summed E-state index contributed by atoms with van der Waals surface area (Å²) in [6.07, 6.45) is -0.646. The number of carbonyl (C=O) groups excluding carboxylic acids is 1. The molecule has 3 aromatic rings. The molecule has 0 saturated carbocycles. The molecule has 0 aliphatic carbocycles. The van der Waals surface area contributed by atoms with Gasteiger partial charge in [0, 0.05) is 6.92 Å². The van der Waals surface area contributed by atoms with Gasteiger partial charge in [0.2, 0.25) is 5.91 Å². The minimum Gasteiger partial charge on any atom is -0.387 e. The van der Waals surface area contributed by atoms with Crippen molar-refractivity contribution in [2.45, 2.75) is 32.5 Å². The van der Waals surface area contributed by atoms with E-state index < -0.39 is 6.10 Å². The van der Waals surface area contributed by atoms with E-state index in [1.165, 1.54) is 6.92 Å². The van der Waals surface area contributed by atoms with Gasteiger partial charge in [-0.2, -0.15) is 0 Å². The Hall–Kier alpha value is -2.66. The molecule has 2 aromatic carbocycles. The van der Waals surface area contributed by atoms with Gasteiger partial charge in [0.1, 0.15) is 5.82 Å². The number of aliphatic hydroxyl groups excluding tert-OH is 1. The third-order valence-electron chi connectivity index (χ3n) is 4.03. The number of fused-ring (bicyclic) bond motifs is 1. The van der Waals surface area contributed by atoms with Gasteiger partial charge in [-0.3, -0.25) is 4.79 Å². The predicted octanol–water partition coefficient (Wildman–Crippen LogP) is 2.97. The van der Waals surface area contributed by atoms with Gasteiger partial charge in [-0.1, -0.05) is 42.5 Å². The van der Waals surface area contributed by atoms with Crippen molar-refractivity contribution >= 4 is 16.9 Å². The molecule has 0 unspecified atom stereocenters. The molecule has 0 spiro atoms. The number of hydrogen-bond acceptors (Lipinski definition) is 3. The standard InChI is InChI=1S/C19H21N3O2/c1-13(20-14(2)23)19-21-16-10-6-7-11-17(16)22(19)12-18(24)15-8-4-3-5-9-15/h3-11,13,18,24H,12H2,1-2H3,(H,20,23)/t13-,18-/m1/s1. The maximum absolute atomic E-state index is 11.4. The van der Waals surface area contributed by atoms with Crippen LogP contribution in [0.3, 0.4) is 0 Å². The van der Waals surface area contributed by atoms with E-state index in [9.17, 15) is 9.90 Å². The van der Waals surface area contributed by atoms with Crippen LogP contribution in [0.1, 0.15) is 37.4 Å². The van der Waals surface area contributed by atoms with Gasteiger partial charge < -0.3 is 15.0 Å². The molecule has 0 aliphatic heterocycles. The maximum Gasteiger partial charge on any atom is 0.217 e. The SMILES string of the molecule is CC(=O)N[C@H](C)c1nc2ccccc2n1C[C@@H](O)c1ccccc1. The first kappa shape index (κ1) is 16.2. The van der Waals surface area contributed by atoms with Crippen LogP contribution in [-0.4, -0.2) is 20.6 Å². The Labute approximate surface area is 141 Å². The molecular formula is C19H21N3O2. The Morgan fingerprint density at radius 1 is 1.17 bits per heavy atom. The van der Waals surface area contributed by atoms with Gasteiger partial charge in [-0.25, -0.2) is 4.98 Å². The average molecular weight is 323 g/mol. The number of aromatic nitrogens is 2. The van der Waals surface area contributed by atoms with Crippen LogP contribution < -0.4 is 5.32 Å². The van der Waals surface area contributed by atoms with Crippen LogP contribution in [0.2, 0.25) is 0 Å². The van der Waals surface area contributed by atoms with Crippen LogP contribution in [0.25, 0.3) is 11.0 Å². The summed E-state index contributed by atoms with van der Waals surface area (Å²) in [6.45, 7) is 3.76. The second-order valence-electron chi connectivity index (χ2n) is 5.92. The van der Waals surface area contributed by atoms with E-state index in [1.807, 2.05) is 66.1 Å². The fourth-order valence-electron chi connectivity index (χ4n) is 2.94. The molecule has 2 N–H and O–H groups in total. The third-order valence-corrected chi connectivity index (χ3v) is 4.03. The van der Waals surface area contributed by atoms with E-state index >= 15 is 0 Å². The van der Waals surface area contributed by atoms with Crippen molar-refractivity contribution in [2.24, 2.45) is 0 Å². The van der Waals surface area contributed by atoms with Crippen molar-refractivity contribution in [1.82, 2.24) is 14.9 Å². The lowest BCUT2D eigenvalue weighted by atomic mass is 10.1. The number of hydrogen-bond donors (Lipinski definition) is 2. The fourth-order valence-corrected chi connectivity index (χ4v) is 2.94. The number of imidazole rings is 1. The lowest BCUT2D eigenvalue weighted by molar-refractivity contribution is -0.119. The number of nitrogens with one attached hydrogen (secondary N) is 1. The van der Waals surface area contributed by atoms with Crippen molar-refractivity contribution in [2.75, 3.05) is 0 Å². The molecule has 1 heterocycles. The molecule has 5 nitrogen and oxygen atoms in total. The predicted molar refractivity (Wildman–Crippen MR) is 93.4 cm³/mol. The molecule has 2 atom stereocenters. The first-order chi connectivity index (χ1) is 11.6. The minimum absolute atomic E-state index is 0.107. The van der Waals surface area contributed by atoms with E-state index in [1.54, 1.807) is 0 Å². The molecule has 0 radical (unpaired) electrons. The number of rotatable bonds is 5. The molecule has 1 aromatic heterocycles. The van der Waals surface area contributed by atoms with Crippen molar-refractivity contribution in [3.8, 4) is 0 Å². The molecular weight excluding hydrogens is 302 g/mol. The average Bonchev–Trinajstić information content (AvgIpc) is 2.94. The zero-order valence-electron chi connectivity index (χ0n) is 13.8. The van der Waals surface area contributed by atoms with Crippen LogP contribution in [0.15, 0.2) is 54.6 Å². The van der Waals surface area contributed by atoms with Crippen molar-refractivity contribution in [3.63, 3.8) is 0 Å². The molecule has 0 saturated heterocycles. The van der Waals surface area contributed by atoms with Crippen LogP contribution in [0, 0.1) is 0 Å². The lowest BCUT2D eigenvalue weighted by Crippen LogP contribution is -2.27. The Balaban J connectivity index is 1.99. The highest BCUT2D eigenvalue weighted by atomic mass is 16.3. The first-order valence-electron chi connectivity index (χ1n) is 8.01. The molecule has 5 heteroatoms. The lowest BCUT2D eigenvalue weighted by Gasteiger charge is -2.18. The van der Waals surface area contributed by atoms with Gasteiger partial charge in [0.25, 0.3) is 0 Å². The van der Waals surface area contributed by atoms with Gasteiger partial charge in [0.15, 0.2) is 0 Å². The topological polar surface area (TPSA) is 67.2 Å². The molecule has 0 fully saturated rings. The summed E-state index contributed by atoms with van der Waals surface area (Å²) < 4.78 is 1.98. The number of aliphatic hydroxyl groups is 1. The summed E-state index contributed by atoms with van der Waals surface area (Å²) in [7, 11) is 0. The molecule has 1 amide bonds. The van der Waals surface area contributed by atoms with Gasteiger partial charge >= 0.3 is 0 Å². The van der Waals surface area contributed by atoms with Crippen LogP contribution in [0.4, 0.5) is 0 Å². The summed E-state index contributed by atoms with van der Waals surface area (Å²) in [5.41, 5.74) is 2.65. The largest absolute Gasteiger partial charge is 0.387 e. The van der Waals surface area contributed by atoms with E-state index in [2.05, 4.69) is 10.3 Å². The van der Waals surface area contributed by atoms with Gasteiger partial charge in [0.05, 0.1) is 29.7 Å². The Morgan fingerprint density at radius 3 is 2.54 bits per heavy atom. The maximum atomic E-state index is 11.4. The third kappa shape index (κ3) is 3.31. The van der Waals surface area contributed by atoms with Crippen molar-refractivity contribution in [3.05, 3.63) is 66.0 Å². The second kappa shape index (κ2) is 6.84. The zero-order chi connectivity index (χ0) is 17.1. The monoisotopic (exact) mass is 323 g/mol. The molecule has 3 rings (SSSR count). The second-order valence-corrected chi connectivity index (χ2v) is 5.92. The van der Waals surface area contributed by atoms with E-state index in [-0.39, 0.29) is 11.9 Å². The first-order valence-corrected chi connectivity index (χ1v) is 8.01. The van der Waals surface area contributed by atoms with Crippen LogP contribution in [0.5, 0.6) is 0 Å². The Kier molecular flexibility index (Phi) is 4.62. The fraction of sp³-hybridized carbons (Fsp3) is 0.263. The minimum atomic E-state index is -0.646. The van der Waals surface area contributed by atoms with Crippen molar-refractivity contribution < 1.29 is 9.90 Å². The van der Waals surface area contributed by atoms with Crippen LogP contribution in [-0.2, 0) is 11.3 Å².